The lowest BCUT2D eigenvalue weighted by atomic mass is 10.2. The van der Waals surface area contributed by atoms with Gasteiger partial charge in [-0.2, -0.15) is 5.10 Å². The second-order valence-corrected chi connectivity index (χ2v) is 7.49. The van der Waals surface area contributed by atoms with Crippen LogP contribution < -0.4 is 15.4 Å². The fourth-order valence-corrected chi connectivity index (χ4v) is 3.82. The Morgan fingerprint density at radius 3 is 2.59 bits per heavy atom. The molecular formula is C21H23N9O2. The highest BCUT2D eigenvalue weighted by molar-refractivity contribution is 5.81. The van der Waals surface area contributed by atoms with Gasteiger partial charge in [0.05, 0.1) is 42.8 Å². The zero-order valence-corrected chi connectivity index (χ0v) is 17.7. The molecule has 0 saturated carbocycles. The van der Waals surface area contributed by atoms with Gasteiger partial charge >= 0.3 is 0 Å². The van der Waals surface area contributed by atoms with E-state index in [4.69, 9.17) is 4.74 Å². The predicted molar refractivity (Wildman–Crippen MR) is 119 cm³/mol. The van der Waals surface area contributed by atoms with E-state index in [0.717, 1.165) is 37.7 Å². The van der Waals surface area contributed by atoms with Gasteiger partial charge in [-0.1, -0.05) is 0 Å². The summed E-state index contributed by atoms with van der Waals surface area (Å²) in [4.78, 5) is 34.6. The fourth-order valence-electron chi connectivity index (χ4n) is 3.82. The molecule has 0 N–H and O–H groups in total. The van der Waals surface area contributed by atoms with E-state index in [9.17, 15) is 4.79 Å². The zero-order chi connectivity index (χ0) is 21.9. The van der Waals surface area contributed by atoms with Crippen molar-refractivity contribution in [2.24, 2.45) is 0 Å². The molecule has 1 fully saturated rings. The Kier molecular flexibility index (Phi) is 5.46. The number of methoxy groups -OCH3 is 1. The predicted octanol–water partition coefficient (Wildman–Crippen LogP) is 0.740. The number of fused-ring (bicyclic) bond motifs is 1. The Hall–Kier alpha value is -3.86. The molecule has 0 bridgehead atoms. The molecule has 4 aromatic rings. The van der Waals surface area contributed by atoms with Crippen molar-refractivity contribution in [3.05, 3.63) is 59.9 Å². The van der Waals surface area contributed by atoms with Gasteiger partial charge < -0.3 is 14.5 Å². The molecule has 1 aliphatic rings. The van der Waals surface area contributed by atoms with Gasteiger partial charge in [0.25, 0.3) is 5.56 Å². The number of hydrogen-bond donors (Lipinski definition) is 0. The molecule has 11 nitrogen and oxygen atoms in total. The molecule has 0 amide bonds. The molecule has 1 saturated heterocycles. The van der Waals surface area contributed by atoms with E-state index < -0.39 is 0 Å². The molecule has 0 unspecified atom stereocenters. The minimum Gasteiger partial charge on any atom is -0.383 e. The minimum atomic E-state index is -0.0470. The van der Waals surface area contributed by atoms with E-state index in [1.807, 2.05) is 18.2 Å². The summed E-state index contributed by atoms with van der Waals surface area (Å²) >= 11 is 0. The van der Waals surface area contributed by atoms with Crippen molar-refractivity contribution in [1.82, 2.24) is 34.3 Å². The number of ether oxygens (including phenoxy) is 1. The van der Waals surface area contributed by atoms with Gasteiger partial charge in [0.15, 0.2) is 5.82 Å². The van der Waals surface area contributed by atoms with Gasteiger partial charge in [-0.15, -0.1) is 0 Å². The van der Waals surface area contributed by atoms with Gasteiger partial charge in [0.1, 0.15) is 18.5 Å². The molecular weight excluding hydrogens is 410 g/mol. The lowest BCUT2D eigenvalue weighted by molar-refractivity contribution is 0.186. The van der Waals surface area contributed by atoms with E-state index in [0.29, 0.717) is 29.9 Å². The van der Waals surface area contributed by atoms with Crippen LogP contribution in [0.5, 0.6) is 0 Å². The monoisotopic (exact) mass is 433 g/mol. The summed E-state index contributed by atoms with van der Waals surface area (Å²) in [5.41, 5.74) is 1.71. The molecule has 0 aliphatic carbocycles. The van der Waals surface area contributed by atoms with Gasteiger partial charge in [0.2, 0.25) is 0 Å². The molecule has 164 valence electrons. The van der Waals surface area contributed by atoms with Crippen molar-refractivity contribution in [1.29, 1.82) is 0 Å². The molecule has 4 heterocycles. The Bertz CT molecular complexity index is 1260. The lowest BCUT2D eigenvalue weighted by Crippen LogP contribution is -2.47. The third-order valence-corrected chi connectivity index (χ3v) is 5.58. The highest BCUT2D eigenvalue weighted by atomic mass is 16.5. The largest absolute Gasteiger partial charge is 0.383 e. The molecule has 5 rings (SSSR count). The maximum atomic E-state index is 12.7. The standard InChI is InChI=1S/C21H23N9O2/c1-32-9-8-29-15-24-18-10-16(2-3-17(18)21(29)31)27-4-6-28(7-5-27)19-11-22-12-20(26-19)30-14-23-13-25-30/h2-3,10-15H,4-9H2,1H3. The van der Waals surface area contributed by atoms with Crippen LogP contribution in [0.3, 0.4) is 0 Å². The van der Waals surface area contributed by atoms with E-state index in [1.54, 1.807) is 41.4 Å². The third kappa shape index (κ3) is 3.89. The van der Waals surface area contributed by atoms with E-state index in [2.05, 4.69) is 34.8 Å². The second-order valence-electron chi connectivity index (χ2n) is 7.49. The Labute approximate surface area is 183 Å². The summed E-state index contributed by atoms with van der Waals surface area (Å²) in [6.45, 7) is 4.22. The van der Waals surface area contributed by atoms with Crippen LogP contribution in [0.4, 0.5) is 11.5 Å². The molecule has 3 aromatic heterocycles. The number of anilines is 2. The summed E-state index contributed by atoms with van der Waals surface area (Å²) in [7, 11) is 1.62. The molecule has 0 spiro atoms. The van der Waals surface area contributed by atoms with Crippen LogP contribution in [0.1, 0.15) is 0 Å². The van der Waals surface area contributed by atoms with Gasteiger partial charge in [-0.3, -0.25) is 14.3 Å². The average molecular weight is 433 g/mol. The van der Waals surface area contributed by atoms with Gasteiger partial charge in [-0.05, 0) is 18.2 Å². The summed E-state index contributed by atoms with van der Waals surface area (Å²) in [6, 6.07) is 5.84. The Balaban J connectivity index is 1.30. The number of rotatable bonds is 6. The van der Waals surface area contributed by atoms with Gasteiger partial charge in [0, 0.05) is 39.0 Å². The van der Waals surface area contributed by atoms with Crippen LogP contribution in [-0.4, -0.2) is 74.2 Å². The van der Waals surface area contributed by atoms with Crippen molar-refractivity contribution in [3.63, 3.8) is 0 Å². The van der Waals surface area contributed by atoms with Crippen molar-refractivity contribution >= 4 is 22.4 Å². The van der Waals surface area contributed by atoms with Crippen LogP contribution in [0.25, 0.3) is 16.7 Å². The first-order valence-electron chi connectivity index (χ1n) is 10.4. The number of hydrogen-bond acceptors (Lipinski definition) is 9. The Morgan fingerprint density at radius 1 is 1.00 bits per heavy atom. The average Bonchev–Trinajstić information content (AvgIpc) is 3.39. The van der Waals surface area contributed by atoms with E-state index in [1.165, 1.54) is 6.33 Å². The maximum Gasteiger partial charge on any atom is 0.261 e. The van der Waals surface area contributed by atoms with Crippen molar-refractivity contribution < 1.29 is 4.74 Å². The van der Waals surface area contributed by atoms with Crippen molar-refractivity contribution in [3.8, 4) is 5.82 Å². The maximum absolute atomic E-state index is 12.7. The second kappa shape index (κ2) is 8.71. The molecule has 32 heavy (non-hydrogen) atoms. The molecule has 11 heteroatoms. The van der Waals surface area contributed by atoms with Crippen LogP contribution in [0.2, 0.25) is 0 Å². The van der Waals surface area contributed by atoms with Crippen LogP contribution in [-0.2, 0) is 11.3 Å². The Morgan fingerprint density at radius 2 is 1.81 bits per heavy atom. The molecule has 0 atom stereocenters. The third-order valence-electron chi connectivity index (χ3n) is 5.58. The number of benzene rings is 1. The fraction of sp³-hybridized carbons (Fsp3) is 0.333. The van der Waals surface area contributed by atoms with Gasteiger partial charge in [-0.25, -0.2) is 19.6 Å². The van der Waals surface area contributed by atoms with Crippen LogP contribution >= 0.6 is 0 Å². The highest BCUT2D eigenvalue weighted by Crippen LogP contribution is 2.22. The quantitative estimate of drug-likeness (QED) is 0.435. The van der Waals surface area contributed by atoms with Crippen LogP contribution in [0.15, 0.2) is 54.4 Å². The number of nitrogens with zero attached hydrogens (tertiary/aromatic N) is 9. The first kappa shape index (κ1) is 20.1. The highest BCUT2D eigenvalue weighted by Gasteiger charge is 2.20. The summed E-state index contributed by atoms with van der Waals surface area (Å²) in [5, 5.41) is 4.73. The topological polar surface area (TPSA) is 107 Å². The molecule has 1 aliphatic heterocycles. The normalized spacial score (nSPS) is 14.3. The SMILES string of the molecule is COCCn1cnc2cc(N3CCN(c4cncc(-n5cncn5)n4)CC3)ccc2c1=O. The lowest BCUT2D eigenvalue weighted by Gasteiger charge is -2.36. The summed E-state index contributed by atoms with van der Waals surface area (Å²) in [5.74, 6) is 1.45. The molecule has 0 radical (unpaired) electrons. The van der Waals surface area contributed by atoms with E-state index in [-0.39, 0.29) is 5.56 Å². The number of aromatic nitrogens is 7. The summed E-state index contributed by atoms with van der Waals surface area (Å²) < 4.78 is 8.24. The zero-order valence-electron chi connectivity index (χ0n) is 17.7. The van der Waals surface area contributed by atoms with E-state index >= 15 is 0 Å². The smallest absolute Gasteiger partial charge is 0.261 e. The van der Waals surface area contributed by atoms with Crippen LogP contribution in [0, 0.1) is 0 Å². The van der Waals surface area contributed by atoms with Crippen molar-refractivity contribution in [2.45, 2.75) is 6.54 Å². The minimum absolute atomic E-state index is 0.0470. The molecule has 1 aromatic carbocycles. The summed E-state index contributed by atoms with van der Waals surface area (Å²) in [6.07, 6.45) is 8.10. The number of piperazine rings is 1. The first-order valence-corrected chi connectivity index (χ1v) is 10.4. The first-order chi connectivity index (χ1) is 15.7. The van der Waals surface area contributed by atoms with Crippen molar-refractivity contribution in [2.75, 3.05) is 49.7 Å².